The van der Waals surface area contributed by atoms with E-state index in [1.165, 1.54) is 4.31 Å². The van der Waals surface area contributed by atoms with Crippen molar-refractivity contribution in [3.05, 3.63) is 47.8 Å². The number of rotatable bonds is 5. The second kappa shape index (κ2) is 6.35. The maximum Gasteiger partial charge on any atom is 0.252 e. The highest BCUT2D eigenvalue weighted by atomic mass is 32.2. The SMILES string of the molecule is O=S(=O)(CC1CCCN1S(=O)(=O)c1cccs1)c1ccccc1. The van der Waals surface area contributed by atoms with Gasteiger partial charge in [-0.2, -0.15) is 4.31 Å². The molecule has 5 nitrogen and oxygen atoms in total. The molecule has 0 spiro atoms. The summed E-state index contributed by atoms with van der Waals surface area (Å²) in [6.45, 7) is 0.370. The van der Waals surface area contributed by atoms with Gasteiger partial charge in [-0.1, -0.05) is 24.3 Å². The van der Waals surface area contributed by atoms with Gasteiger partial charge < -0.3 is 0 Å². The van der Waals surface area contributed by atoms with Crippen LogP contribution in [0.2, 0.25) is 0 Å². The Balaban J connectivity index is 1.86. The summed E-state index contributed by atoms with van der Waals surface area (Å²) in [4.78, 5) is 0.236. The van der Waals surface area contributed by atoms with E-state index in [4.69, 9.17) is 0 Å². The minimum absolute atomic E-state index is 0.179. The third-order valence-corrected chi connectivity index (χ3v) is 9.03. The first-order valence-corrected chi connectivity index (χ1v) is 11.2. The van der Waals surface area contributed by atoms with Gasteiger partial charge in [0.25, 0.3) is 10.0 Å². The molecule has 0 radical (unpaired) electrons. The Morgan fingerprint density at radius 3 is 2.43 bits per heavy atom. The van der Waals surface area contributed by atoms with E-state index in [-0.39, 0.29) is 14.9 Å². The highest BCUT2D eigenvalue weighted by Gasteiger charge is 2.38. The van der Waals surface area contributed by atoms with Crippen molar-refractivity contribution in [2.24, 2.45) is 0 Å². The van der Waals surface area contributed by atoms with E-state index in [9.17, 15) is 16.8 Å². The zero-order valence-corrected chi connectivity index (χ0v) is 14.8. The Labute approximate surface area is 140 Å². The standard InChI is InChI=1S/C15H17NO4S3/c17-22(18,14-7-2-1-3-8-14)12-13-6-4-10-16(13)23(19,20)15-9-5-11-21-15/h1-3,5,7-9,11,13H,4,6,10,12H2. The number of thiophene rings is 1. The van der Waals surface area contributed by atoms with Gasteiger partial charge in [-0.25, -0.2) is 16.8 Å². The van der Waals surface area contributed by atoms with Crippen molar-refractivity contribution in [2.75, 3.05) is 12.3 Å². The van der Waals surface area contributed by atoms with E-state index in [1.807, 2.05) is 0 Å². The monoisotopic (exact) mass is 371 g/mol. The molecule has 1 aliphatic rings. The molecule has 124 valence electrons. The molecule has 0 amide bonds. The number of hydrogen-bond donors (Lipinski definition) is 0. The van der Waals surface area contributed by atoms with Crippen LogP contribution in [-0.4, -0.2) is 39.5 Å². The van der Waals surface area contributed by atoms with Crippen molar-refractivity contribution < 1.29 is 16.8 Å². The van der Waals surface area contributed by atoms with E-state index in [1.54, 1.807) is 47.8 Å². The molecule has 1 aromatic heterocycles. The van der Waals surface area contributed by atoms with Crippen molar-refractivity contribution in [3.8, 4) is 0 Å². The first-order chi connectivity index (χ1) is 10.9. The van der Waals surface area contributed by atoms with Gasteiger partial charge >= 0.3 is 0 Å². The quantitative estimate of drug-likeness (QED) is 0.809. The van der Waals surface area contributed by atoms with Crippen LogP contribution in [0.15, 0.2) is 56.9 Å². The summed E-state index contributed by atoms with van der Waals surface area (Å²) in [6, 6.07) is 10.9. The molecule has 1 atom stereocenters. The minimum Gasteiger partial charge on any atom is -0.224 e. The summed E-state index contributed by atoms with van der Waals surface area (Å²) in [6.07, 6.45) is 1.25. The summed E-state index contributed by atoms with van der Waals surface area (Å²) >= 11 is 1.15. The maximum absolute atomic E-state index is 12.7. The van der Waals surface area contributed by atoms with Crippen LogP contribution >= 0.6 is 11.3 Å². The van der Waals surface area contributed by atoms with Crippen LogP contribution < -0.4 is 0 Å². The second-order valence-corrected chi connectivity index (χ2v) is 10.5. The smallest absolute Gasteiger partial charge is 0.224 e. The van der Waals surface area contributed by atoms with E-state index in [0.29, 0.717) is 19.4 Å². The molecule has 23 heavy (non-hydrogen) atoms. The molecule has 0 bridgehead atoms. The maximum atomic E-state index is 12.7. The van der Waals surface area contributed by atoms with Crippen LogP contribution in [0.25, 0.3) is 0 Å². The molecule has 1 unspecified atom stereocenters. The summed E-state index contributed by atoms with van der Waals surface area (Å²) < 4.78 is 52.0. The van der Waals surface area contributed by atoms with Crippen molar-refractivity contribution in [2.45, 2.75) is 28.0 Å². The lowest BCUT2D eigenvalue weighted by molar-refractivity contribution is 0.409. The molecule has 1 aliphatic heterocycles. The number of nitrogens with zero attached hydrogens (tertiary/aromatic N) is 1. The van der Waals surface area contributed by atoms with Crippen LogP contribution in [0.4, 0.5) is 0 Å². The zero-order chi connectivity index (χ0) is 16.5. The third kappa shape index (κ3) is 3.35. The summed E-state index contributed by atoms with van der Waals surface area (Å²) in [5.41, 5.74) is 0. The van der Waals surface area contributed by atoms with E-state index < -0.39 is 25.9 Å². The summed E-state index contributed by atoms with van der Waals surface area (Å²) in [5, 5.41) is 1.71. The highest BCUT2D eigenvalue weighted by Crippen LogP contribution is 2.30. The van der Waals surface area contributed by atoms with E-state index in [0.717, 1.165) is 11.3 Å². The normalized spacial score (nSPS) is 19.9. The van der Waals surface area contributed by atoms with Crippen LogP contribution in [0.5, 0.6) is 0 Å². The average molecular weight is 372 g/mol. The van der Waals surface area contributed by atoms with Crippen LogP contribution in [0.3, 0.4) is 0 Å². The van der Waals surface area contributed by atoms with Crippen LogP contribution in [-0.2, 0) is 19.9 Å². The fourth-order valence-electron chi connectivity index (χ4n) is 2.80. The van der Waals surface area contributed by atoms with Crippen molar-refractivity contribution >= 4 is 31.2 Å². The largest absolute Gasteiger partial charge is 0.252 e. The Bertz CT molecular complexity index is 859. The molecule has 3 rings (SSSR count). The van der Waals surface area contributed by atoms with Gasteiger partial charge in [0.1, 0.15) is 4.21 Å². The molecule has 2 heterocycles. The summed E-state index contributed by atoms with van der Waals surface area (Å²) in [5.74, 6) is -0.179. The Morgan fingerprint density at radius 2 is 1.78 bits per heavy atom. The molecular weight excluding hydrogens is 354 g/mol. The fourth-order valence-corrected chi connectivity index (χ4v) is 7.32. The van der Waals surface area contributed by atoms with Crippen molar-refractivity contribution in [3.63, 3.8) is 0 Å². The molecule has 1 fully saturated rings. The highest BCUT2D eigenvalue weighted by molar-refractivity contribution is 7.92. The molecule has 0 saturated carbocycles. The minimum atomic E-state index is -3.61. The molecule has 2 aromatic rings. The number of hydrogen-bond acceptors (Lipinski definition) is 5. The Hall–Kier alpha value is -1.22. The van der Waals surface area contributed by atoms with E-state index >= 15 is 0 Å². The lowest BCUT2D eigenvalue weighted by Crippen LogP contribution is -2.39. The molecular formula is C15H17NO4S3. The van der Waals surface area contributed by atoms with Gasteiger partial charge in [-0.15, -0.1) is 11.3 Å². The number of sulfone groups is 1. The number of benzene rings is 1. The van der Waals surface area contributed by atoms with Gasteiger partial charge in [0.2, 0.25) is 0 Å². The van der Waals surface area contributed by atoms with Gasteiger partial charge in [0.15, 0.2) is 9.84 Å². The predicted octanol–water partition coefficient (Wildman–Crippen LogP) is 2.38. The second-order valence-electron chi connectivity index (χ2n) is 5.44. The van der Waals surface area contributed by atoms with Gasteiger partial charge in [-0.3, -0.25) is 0 Å². The third-order valence-electron chi connectivity index (χ3n) is 3.90. The van der Waals surface area contributed by atoms with Crippen molar-refractivity contribution in [1.29, 1.82) is 0 Å². The van der Waals surface area contributed by atoms with E-state index in [2.05, 4.69) is 0 Å². The Kier molecular flexibility index (Phi) is 4.59. The van der Waals surface area contributed by atoms with Crippen LogP contribution in [0, 0.1) is 0 Å². The van der Waals surface area contributed by atoms with Crippen molar-refractivity contribution in [1.82, 2.24) is 4.31 Å². The molecule has 8 heteroatoms. The van der Waals surface area contributed by atoms with Gasteiger partial charge in [0, 0.05) is 12.6 Å². The van der Waals surface area contributed by atoms with Crippen LogP contribution in [0.1, 0.15) is 12.8 Å². The first-order valence-electron chi connectivity index (χ1n) is 7.24. The fraction of sp³-hybridized carbons (Fsp3) is 0.333. The molecule has 1 aromatic carbocycles. The topological polar surface area (TPSA) is 71.5 Å². The average Bonchev–Trinajstić information content (AvgIpc) is 3.19. The Morgan fingerprint density at radius 1 is 1.04 bits per heavy atom. The molecule has 1 saturated heterocycles. The zero-order valence-electron chi connectivity index (χ0n) is 12.3. The summed E-state index contributed by atoms with van der Waals surface area (Å²) in [7, 11) is -7.12. The van der Waals surface area contributed by atoms with Gasteiger partial charge in [-0.05, 0) is 36.4 Å². The molecule has 0 N–H and O–H groups in total. The number of sulfonamides is 1. The lowest BCUT2D eigenvalue weighted by Gasteiger charge is -2.23. The van der Waals surface area contributed by atoms with Gasteiger partial charge in [0.05, 0.1) is 10.6 Å². The molecule has 0 aliphatic carbocycles. The lowest BCUT2D eigenvalue weighted by atomic mass is 10.3. The first kappa shape index (κ1) is 16.6. The predicted molar refractivity (Wildman–Crippen MR) is 89.7 cm³/mol.